The number of carbonyl (C=O) groups is 2. The molecule has 3 fully saturated rings. The van der Waals surface area contributed by atoms with Gasteiger partial charge in [0.25, 0.3) is 5.91 Å². The Labute approximate surface area is 248 Å². The zero-order valence-corrected chi connectivity index (χ0v) is 23.9. The van der Waals surface area contributed by atoms with Crippen LogP contribution in [0.1, 0.15) is 44.2 Å². The number of nitrogens with zero attached hydrogens (tertiary/aromatic N) is 1. The van der Waals surface area contributed by atoms with Crippen molar-refractivity contribution in [2.24, 2.45) is 5.92 Å². The Kier molecular flexibility index (Phi) is 7.18. The summed E-state index contributed by atoms with van der Waals surface area (Å²) in [6.45, 7) is 3.83. The summed E-state index contributed by atoms with van der Waals surface area (Å²) in [7, 11) is 0. The van der Waals surface area contributed by atoms with Gasteiger partial charge in [-0.1, -0.05) is 74.5 Å². The molecule has 0 aliphatic carbocycles. The monoisotopic (exact) mass is 590 g/mol. The van der Waals surface area contributed by atoms with Crippen LogP contribution in [0.3, 0.4) is 0 Å². The molecule has 3 saturated heterocycles. The largest absolute Gasteiger partial charge is 0.481 e. The maximum Gasteiger partial charge on any atom is 0.305 e. The number of carbonyl (C=O) groups excluding carboxylic acids is 1. The summed E-state index contributed by atoms with van der Waals surface area (Å²) in [6, 6.07) is 23.6. The maximum atomic E-state index is 14.6. The fourth-order valence-corrected chi connectivity index (χ4v) is 7.33. The zero-order valence-electron chi connectivity index (χ0n) is 23.9. The molecule has 3 aliphatic heterocycles. The van der Waals surface area contributed by atoms with Gasteiger partial charge in [0.2, 0.25) is 5.60 Å². The second kappa shape index (κ2) is 10.5. The van der Waals surface area contributed by atoms with Crippen LogP contribution >= 0.6 is 0 Å². The minimum absolute atomic E-state index is 0.00271. The number of aliphatic hydroxyl groups is 2. The van der Waals surface area contributed by atoms with Crippen LogP contribution in [0.15, 0.2) is 84.9 Å². The van der Waals surface area contributed by atoms with E-state index in [4.69, 9.17) is 9.47 Å². The SMILES string of the molecule is CC(C)[C@@]1(O)N2CC[C@@H](C[C@@H](O)CC(=O)O)O[C@@]2(c2ccc(F)cc2)[C@]2(c3ccccc3)O[C@]21C(=O)Nc1ccccc1. The Balaban J connectivity index is 1.59. The molecule has 43 heavy (non-hydrogen) atoms. The van der Waals surface area contributed by atoms with Crippen LogP contribution < -0.4 is 5.32 Å². The zero-order chi connectivity index (χ0) is 30.6. The number of anilines is 1. The van der Waals surface area contributed by atoms with E-state index in [0.717, 1.165) is 0 Å². The summed E-state index contributed by atoms with van der Waals surface area (Å²) in [4.78, 5) is 27.7. The van der Waals surface area contributed by atoms with Crippen LogP contribution in [-0.2, 0) is 30.4 Å². The number of amides is 1. The van der Waals surface area contributed by atoms with Gasteiger partial charge in [-0.15, -0.1) is 0 Å². The van der Waals surface area contributed by atoms with Gasteiger partial charge in [0.15, 0.2) is 17.1 Å². The first-order valence-electron chi connectivity index (χ1n) is 14.5. The van der Waals surface area contributed by atoms with Gasteiger partial charge in [0.1, 0.15) is 5.82 Å². The summed E-state index contributed by atoms with van der Waals surface area (Å²) in [5.41, 5.74) is -5.55. The highest BCUT2D eigenvalue weighted by Gasteiger charge is 2.99. The Morgan fingerprint density at radius 3 is 2.23 bits per heavy atom. The minimum atomic E-state index is -1.92. The van der Waals surface area contributed by atoms with Crippen LogP contribution in [-0.4, -0.2) is 62.2 Å². The highest BCUT2D eigenvalue weighted by molar-refractivity contribution is 6.03. The average Bonchev–Trinajstić information content (AvgIpc) is 3.67. The van der Waals surface area contributed by atoms with Crippen molar-refractivity contribution in [3.63, 3.8) is 0 Å². The number of epoxide rings is 1. The fraction of sp³-hybridized carbons (Fsp3) is 0.394. The first kappa shape index (κ1) is 29.4. The molecule has 0 radical (unpaired) electrons. The second-order valence-corrected chi connectivity index (χ2v) is 11.8. The Bertz CT molecular complexity index is 1510. The predicted octanol–water partition coefficient (Wildman–Crippen LogP) is 3.96. The van der Waals surface area contributed by atoms with E-state index < -0.39 is 64.9 Å². The number of para-hydroxylation sites is 1. The molecule has 4 N–H and O–H groups in total. The Morgan fingerprint density at radius 2 is 1.63 bits per heavy atom. The average molecular weight is 591 g/mol. The molecule has 3 aromatic carbocycles. The third kappa shape index (κ3) is 4.08. The maximum absolute atomic E-state index is 14.6. The number of carboxylic acids is 1. The van der Waals surface area contributed by atoms with E-state index in [9.17, 15) is 29.3 Å². The fourth-order valence-electron chi connectivity index (χ4n) is 7.33. The first-order chi connectivity index (χ1) is 20.5. The molecular weight excluding hydrogens is 555 g/mol. The van der Waals surface area contributed by atoms with Crippen molar-refractivity contribution in [1.29, 1.82) is 0 Å². The number of benzene rings is 3. The number of morpholine rings is 1. The summed E-state index contributed by atoms with van der Waals surface area (Å²) >= 11 is 0. The van der Waals surface area contributed by atoms with Crippen molar-refractivity contribution in [3.05, 3.63) is 102 Å². The van der Waals surface area contributed by atoms with Crippen molar-refractivity contribution in [2.75, 3.05) is 11.9 Å². The number of aliphatic carboxylic acids is 1. The third-order valence-corrected chi connectivity index (χ3v) is 9.08. The highest BCUT2D eigenvalue weighted by Crippen LogP contribution is 2.79. The van der Waals surface area contributed by atoms with Crippen LogP contribution in [0.25, 0.3) is 0 Å². The van der Waals surface area contributed by atoms with E-state index in [0.29, 0.717) is 23.2 Å². The Morgan fingerprint density at radius 1 is 1.00 bits per heavy atom. The van der Waals surface area contributed by atoms with Gasteiger partial charge in [0.05, 0.1) is 18.6 Å². The number of halogens is 1. The lowest BCUT2D eigenvalue weighted by molar-refractivity contribution is -0.326. The molecule has 6 rings (SSSR count). The van der Waals surface area contributed by atoms with Gasteiger partial charge in [-0.2, -0.15) is 0 Å². The number of hydrogen-bond donors (Lipinski definition) is 4. The lowest BCUT2D eigenvalue weighted by atomic mass is 9.73. The molecule has 0 spiro atoms. The summed E-state index contributed by atoms with van der Waals surface area (Å²) in [5, 5.41) is 35.7. The first-order valence-corrected chi connectivity index (χ1v) is 14.5. The number of fused-ring (bicyclic) bond motifs is 3. The summed E-state index contributed by atoms with van der Waals surface area (Å²) in [5.74, 6) is -2.75. The topological polar surface area (TPSA) is 132 Å². The lowest BCUT2D eigenvalue weighted by Crippen LogP contribution is -2.68. The molecule has 6 atom stereocenters. The number of rotatable bonds is 9. The van der Waals surface area contributed by atoms with Crippen LogP contribution in [0.2, 0.25) is 0 Å². The van der Waals surface area contributed by atoms with Crippen molar-refractivity contribution >= 4 is 17.6 Å². The van der Waals surface area contributed by atoms with Crippen LogP contribution in [0, 0.1) is 11.7 Å². The number of nitrogens with one attached hydrogen (secondary N) is 1. The van der Waals surface area contributed by atoms with Crippen molar-refractivity contribution in [3.8, 4) is 0 Å². The minimum Gasteiger partial charge on any atom is -0.481 e. The van der Waals surface area contributed by atoms with E-state index in [1.165, 1.54) is 12.1 Å². The van der Waals surface area contributed by atoms with E-state index in [1.54, 1.807) is 79.4 Å². The summed E-state index contributed by atoms with van der Waals surface area (Å²) < 4.78 is 28.0. The van der Waals surface area contributed by atoms with Gasteiger partial charge in [-0.05, 0) is 42.2 Å². The Hall–Kier alpha value is -3.67. The molecule has 0 unspecified atom stereocenters. The molecule has 0 aromatic heterocycles. The molecule has 1 amide bonds. The van der Waals surface area contributed by atoms with Crippen LogP contribution in [0.4, 0.5) is 10.1 Å². The molecule has 9 nitrogen and oxygen atoms in total. The van der Waals surface area contributed by atoms with E-state index in [1.807, 2.05) is 12.1 Å². The van der Waals surface area contributed by atoms with Gasteiger partial charge >= 0.3 is 5.97 Å². The molecule has 3 heterocycles. The molecule has 3 aromatic rings. The predicted molar refractivity (Wildman–Crippen MR) is 154 cm³/mol. The van der Waals surface area contributed by atoms with Crippen molar-refractivity contribution in [1.82, 2.24) is 4.90 Å². The van der Waals surface area contributed by atoms with Crippen molar-refractivity contribution in [2.45, 2.75) is 68.0 Å². The lowest BCUT2D eigenvalue weighted by Gasteiger charge is -2.54. The highest BCUT2D eigenvalue weighted by atomic mass is 19.1. The molecule has 10 heteroatoms. The molecule has 0 saturated carbocycles. The van der Waals surface area contributed by atoms with E-state index >= 15 is 0 Å². The number of hydrogen-bond acceptors (Lipinski definition) is 7. The number of carboxylic acid groups (broad SMARTS) is 1. The molecular formula is C33H35FN2O7. The third-order valence-electron chi connectivity index (χ3n) is 9.08. The molecule has 0 bridgehead atoms. The van der Waals surface area contributed by atoms with E-state index in [2.05, 4.69) is 5.32 Å². The van der Waals surface area contributed by atoms with Gasteiger partial charge in [-0.25, -0.2) is 9.29 Å². The smallest absolute Gasteiger partial charge is 0.305 e. The second-order valence-electron chi connectivity index (χ2n) is 11.8. The van der Waals surface area contributed by atoms with E-state index in [-0.39, 0.29) is 13.0 Å². The number of ether oxygens (including phenoxy) is 2. The van der Waals surface area contributed by atoms with Gasteiger partial charge in [-0.3, -0.25) is 9.59 Å². The standard InChI is InChI=1S/C33H35FN2O7/c1-21(2)32(41)31(29(40)35-25-11-7-4-8-12-25)30(43-31,22-9-5-3-6-10-22)33(23-13-15-24(34)16-14-23)36(32)18-17-27(42-33)19-26(37)20-28(38)39/h3-16,21,26-27,37,41H,17-20H2,1-2H3,(H,35,40)(H,38,39)/t26-,27+,30-,31-,32+,33+/m1/s1. The molecule has 226 valence electrons. The quantitative estimate of drug-likeness (QED) is 0.276. The van der Waals surface area contributed by atoms with Crippen molar-refractivity contribution < 1.29 is 38.8 Å². The number of aliphatic hydroxyl groups excluding tert-OH is 1. The summed E-state index contributed by atoms with van der Waals surface area (Å²) in [6.07, 6.45) is -2.01. The van der Waals surface area contributed by atoms with Gasteiger partial charge < -0.3 is 30.1 Å². The molecule has 3 aliphatic rings. The normalized spacial score (nSPS) is 32.1. The van der Waals surface area contributed by atoms with Gasteiger partial charge in [0, 0.05) is 24.2 Å². The van der Waals surface area contributed by atoms with Crippen LogP contribution in [0.5, 0.6) is 0 Å².